The fourth-order valence-electron chi connectivity index (χ4n) is 2.38. The number of ether oxygens (including phenoxy) is 1. The van der Waals surface area contributed by atoms with E-state index in [2.05, 4.69) is 10.3 Å². The smallest absolute Gasteiger partial charge is 0.422 e. The van der Waals surface area contributed by atoms with E-state index in [-0.39, 0.29) is 5.75 Å². The van der Waals surface area contributed by atoms with Crippen LogP contribution in [-0.2, 0) is 6.42 Å². The lowest BCUT2D eigenvalue weighted by Crippen LogP contribution is -2.19. The second-order valence-electron chi connectivity index (χ2n) is 4.74. The molecule has 0 radical (unpaired) electrons. The minimum absolute atomic E-state index is 0.184. The Bertz CT molecular complexity index is 653. The molecule has 0 aliphatic heterocycles. The molecule has 0 spiro atoms. The summed E-state index contributed by atoms with van der Waals surface area (Å²) in [6.45, 7) is 2.64. The van der Waals surface area contributed by atoms with Gasteiger partial charge in [-0.3, -0.25) is 4.98 Å². The highest BCUT2D eigenvalue weighted by Crippen LogP contribution is 2.31. The number of alkyl halides is 3. The predicted octanol–water partition coefficient (Wildman–Crippen LogP) is 4.09. The van der Waals surface area contributed by atoms with Gasteiger partial charge < -0.3 is 10.1 Å². The van der Waals surface area contributed by atoms with Crippen molar-refractivity contribution in [3.63, 3.8) is 0 Å². The molecule has 0 atom stereocenters. The van der Waals surface area contributed by atoms with Gasteiger partial charge in [0.25, 0.3) is 0 Å². The Morgan fingerprint density at radius 3 is 2.57 bits per heavy atom. The fourth-order valence-corrected chi connectivity index (χ4v) is 2.38. The first-order valence-corrected chi connectivity index (χ1v) is 6.66. The third-order valence-electron chi connectivity index (χ3n) is 3.27. The number of benzene rings is 1. The number of rotatable bonds is 4. The van der Waals surface area contributed by atoms with Crippen LogP contribution in [0.2, 0.25) is 0 Å². The molecule has 0 saturated carbocycles. The van der Waals surface area contributed by atoms with Crippen molar-refractivity contribution in [2.45, 2.75) is 26.4 Å². The number of aryl methyl sites for hydroxylation is 1. The fraction of sp³-hybridized carbons (Fsp3) is 0.400. The van der Waals surface area contributed by atoms with Crippen LogP contribution in [0.25, 0.3) is 10.9 Å². The zero-order valence-electron chi connectivity index (χ0n) is 12.1. The van der Waals surface area contributed by atoms with Gasteiger partial charge in [-0.15, -0.1) is 0 Å². The van der Waals surface area contributed by atoms with Crippen LogP contribution in [0.1, 0.15) is 18.2 Å². The van der Waals surface area contributed by atoms with Gasteiger partial charge in [0, 0.05) is 23.8 Å². The molecule has 114 valence electrons. The molecule has 0 aliphatic rings. The van der Waals surface area contributed by atoms with E-state index in [4.69, 9.17) is 4.74 Å². The third kappa shape index (κ3) is 3.37. The average molecular weight is 298 g/mol. The van der Waals surface area contributed by atoms with Crippen molar-refractivity contribution in [1.82, 2.24) is 4.98 Å². The molecule has 1 N–H and O–H groups in total. The van der Waals surface area contributed by atoms with Crippen LogP contribution in [0.15, 0.2) is 18.2 Å². The van der Waals surface area contributed by atoms with E-state index in [9.17, 15) is 13.2 Å². The van der Waals surface area contributed by atoms with Gasteiger partial charge in [0.1, 0.15) is 5.75 Å². The summed E-state index contributed by atoms with van der Waals surface area (Å²) in [7, 11) is 1.79. The number of nitrogens with zero attached hydrogens (tertiary/aromatic N) is 1. The first-order chi connectivity index (χ1) is 9.85. The topological polar surface area (TPSA) is 34.1 Å². The van der Waals surface area contributed by atoms with E-state index < -0.39 is 12.8 Å². The highest BCUT2D eigenvalue weighted by Gasteiger charge is 2.28. The third-order valence-corrected chi connectivity index (χ3v) is 3.27. The molecule has 0 fully saturated rings. The van der Waals surface area contributed by atoms with Crippen molar-refractivity contribution in [2.75, 3.05) is 19.0 Å². The number of nitrogens with one attached hydrogen (secondary N) is 1. The number of fused-ring (bicyclic) bond motifs is 1. The van der Waals surface area contributed by atoms with Gasteiger partial charge in [-0.1, -0.05) is 6.92 Å². The summed E-state index contributed by atoms with van der Waals surface area (Å²) < 4.78 is 41.5. The molecule has 2 aromatic rings. The molecule has 1 heterocycles. The molecule has 21 heavy (non-hydrogen) atoms. The quantitative estimate of drug-likeness (QED) is 0.923. The van der Waals surface area contributed by atoms with Gasteiger partial charge in [-0.25, -0.2) is 0 Å². The SMILES string of the molecule is CCc1c(C)nc2ccc(OCC(F)(F)F)cc2c1NC. The largest absolute Gasteiger partial charge is 0.484 e. The van der Waals surface area contributed by atoms with Crippen LogP contribution in [0.4, 0.5) is 18.9 Å². The van der Waals surface area contributed by atoms with E-state index in [1.165, 1.54) is 6.07 Å². The molecular formula is C15H17F3N2O. The zero-order chi connectivity index (χ0) is 15.6. The van der Waals surface area contributed by atoms with Gasteiger partial charge in [0.2, 0.25) is 0 Å². The molecule has 1 aromatic carbocycles. The summed E-state index contributed by atoms with van der Waals surface area (Å²) in [4.78, 5) is 4.49. The predicted molar refractivity (Wildman–Crippen MR) is 77.0 cm³/mol. The van der Waals surface area contributed by atoms with Crippen LogP contribution >= 0.6 is 0 Å². The number of halogens is 3. The van der Waals surface area contributed by atoms with Gasteiger partial charge in [0.15, 0.2) is 6.61 Å². The van der Waals surface area contributed by atoms with Gasteiger partial charge in [-0.2, -0.15) is 13.2 Å². The van der Waals surface area contributed by atoms with E-state index in [0.29, 0.717) is 0 Å². The maximum atomic E-state index is 12.2. The Morgan fingerprint density at radius 2 is 2.00 bits per heavy atom. The van der Waals surface area contributed by atoms with Crippen molar-refractivity contribution < 1.29 is 17.9 Å². The van der Waals surface area contributed by atoms with E-state index in [1.807, 2.05) is 13.8 Å². The summed E-state index contributed by atoms with van der Waals surface area (Å²) in [6, 6.07) is 4.78. The molecule has 0 amide bonds. The lowest BCUT2D eigenvalue weighted by molar-refractivity contribution is -0.153. The van der Waals surface area contributed by atoms with Crippen LogP contribution in [0, 0.1) is 6.92 Å². The summed E-state index contributed by atoms with van der Waals surface area (Å²) in [5.74, 6) is 0.184. The molecule has 3 nitrogen and oxygen atoms in total. The molecule has 0 unspecified atom stereocenters. The number of hydrogen-bond acceptors (Lipinski definition) is 3. The van der Waals surface area contributed by atoms with E-state index in [1.54, 1.807) is 19.2 Å². The summed E-state index contributed by atoms with van der Waals surface area (Å²) in [5.41, 5.74) is 3.59. The maximum Gasteiger partial charge on any atom is 0.422 e. The molecule has 2 rings (SSSR count). The Hall–Kier alpha value is -1.98. The molecule has 0 aliphatic carbocycles. The monoisotopic (exact) mass is 298 g/mol. The molecule has 0 saturated heterocycles. The molecule has 0 bridgehead atoms. The van der Waals surface area contributed by atoms with Crippen molar-refractivity contribution >= 4 is 16.6 Å². The zero-order valence-corrected chi connectivity index (χ0v) is 12.1. The van der Waals surface area contributed by atoms with E-state index in [0.717, 1.165) is 34.3 Å². The van der Waals surface area contributed by atoms with Crippen LogP contribution in [0.3, 0.4) is 0 Å². The minimum atomic E-state index is -4.35. The lowest BCUT2D eigenvalue weighted by Gasteiger charge is -2.15. The van der Waals surface area contributed by atoms with Gasteiger partial charge >= 0.3 is 6.18 Å². The number of pyridine rings is 1. The Labute approximate surface area is 121 Å². The first kappa shape index (κ1) is 15.4. The van der Waals surface area contributed by atoms with Crippen molar-refractivity contribution in [2.24, 2.45) is 0 Å². The highest BCUT2D eigenvalue weighted by molar-refractivity contribution is 5.94. The summed E-state index contributed by atoms with van der Waals surface area (Å²) >= 11 is 0. The average Bonchev–Trinajstić information content (AvgIpc) is 2.42. The van der Waals surface area contributed by atoms with Gasteiger partial charge in [-0.05, 0) is 37.1 Å². The Balaban J connectivity index is 2.48. The van der Waals surface area contributed by atoms with Crippen LogP contribution < -0.4 is 10.1 Å². The standard InChI is InChI=1S/C15H17F3N2O/c1-4-11-9(2)20-13-6-5-10(21-8-15(16,17)18)7-12(13)14(11)19-3/h5-7H,4,8H2,1-3H3,(H,19,20). The number of aromatic nitrogens is 1. The van der Waals surface area contributed by atoms with Crippen LogP contribution in [0.5, 0.6) is 5.75 Å². The normalized spacial score (nSPS) is 11.7. The number of hydrogen-bond donors (Lipinski definition) is 1. The maximum absolute atomic E-state index is 12.2. The molecular weight excluding hydrogens is 281 g/mol. The highest BCUT2D eigenvalue weighted by atomic mass is 19.4. The Kier molecular flexibility index (Phi) is 4.25. The van der Waals surface area contributed by atoms with E-state index >= 15 is 0 Å². The van der Waals surface area contributed by atoms with Gasteiger partial charge in [0.05, 0.1) is 5.52 Å². The molecule has 6 heteroatoms. The van der Waals surface area contributed by atoms with Crippen molar-refractivity contribution in [1.29, 1.82) is 0 Å². The Morgan fingerprint density at radius 1 is 1.29 bits per heavy atom. The number of anilines is 1. The lowest BCUT2D eigenvalue weighted by atomic mass is 10.0. The molecule has 1 aromatic heterocycles. The second kappa shape index (κ2) is 5.79. The first-order valence-electron chi connectivity index (χ1n) is 6.66. The minimum Gasteiger partial charge on any atom is -0.484 e. The van der Waals surface area contributed by atoms with Crippen molar-refractivity contribution in [3.8, 4) is 5.75 Å². The second-order valence-corrected chi connectivity index (χ2v) is 4.74. The van der Waals surface area contributed by atoms with Crippen LogP contribution in [-0.4, -0.2) is 24.8 Å². The summed E-state index contributed by atoms with van der Waals surface area (Å²) in [6.07, 6.45) is -3.56. The van der Waals surface area contributed by atoms with Crippen molar-refractivity contribution in [3.05, 3.63) is 29.5 Å². The summed E-state index contributed by atoms with van der Waals surface area (Å²) in [5, 5.41) is 3.88.